The summed E-state index contributed by atoms with van der Waals surface area (Å²) in [5.41, 5.74) is -1.08. The normalized spacial score (nSPS) is 24.8. The van der Waals surface area contributed by atoms with Crippen LogP contribution in [0.15, 0.2) is 18.6 Å². The number of Topliss-reactive ketones (excluding diaryl/α,β-unsaturated/α-hetero) is 8. The molecule has 88 heavy (non-hydrogen) atoms. The van der Waals surface area contributed by atoms with Crippen molar-refractivity contribution in [1.29, 1.82) is 0 Å². The Morgan fingerprint density at radius 2 is 1.28 bits per heavy atom. The monoisotopic (exact) mass is 1260 g/mol. The van der Waals surface area contributed by atoms with Gasteiger partial charge in [-0.15, -0.1) is 0 Å². The standard InChI is InChI=1S/C39H56N4O6.C31H49NO5.CH3.V/c1-5-10-26(35(47)33(46)19-24-15-16-24)20-32(45)34-28-14-9-13-27(28)23-43(34)38(49)36(39(2,3)4)42-37(48)29(25-11-7-6-8-12-25)21-31(44)30-22-40-17-18-41-30;1-18(33)27(36)20(13-19-11-10-12-19)14-24(35)26-25-23(31(25,8)9)17-32(26)28(37)22(30(5,6)7)15-21(34)16-29(2,3)4;;/h17-18,22,24-29,34,36H,5-16,19-21,23H2,1-4H3,(H,42,48);19-20,22-23,25-26H,10-17H2,1-9H3;1H3;/q;;-1;/t26-,27+,28+,29+,34+,36-;20?,22-,23+,25+,26-;;/m11../s1. The van der Waals surface area contributed by atoms with Crippen molar-refractivity contribution in [2.75, 3.05) is 13.1 Å². The van der Waals surface area contributed by atoms with E-state index in [0.717, 1.165) is 83.5 Å². The van der Waals surface area contributed by atoms with Gasteiger partial charge in [0.15, 0.2) is 28.9 Å². The number of rotatable bonds is 27. The van der Waals surface area contributed by atoms with Gasteiger partial charge in [-0.05, 0) is 114 Å². The average Bonchev–Trinajstić information content (AvgIpc) is 1.53. The molecule has 5 saturated carbocycles. The van der Waals surface area contributed by atoms with Gasteiger partial charge in [0, 0.05) is 113 Å². The second-order valence-corrected chi connectivity index (χ2v) is 31.5. The molecule has 1 aromatic heterocycles. The molecule has 0 aromatic carbocycles. The molecule has 7 fully saturated rings. The van der Waals surface area contributed by atoms with Crippen molar-refractivity contribution in [1.82, 2.24) is 25.1 Å². The van der Waals surface area contributed by atoms with Crippen LogP contribution in [0.4, 0.5) is 0 Å². The van der Waals surface area contributed by atoms with Crippen LogP contribution in [0, 0.1) is 94.2 Å². The molecule has 7 aliphatic rings. The average molecular weight is 1260 g/mol. The van der Waals surface area contributed by atoms with E-state index in [4.69, 9.17) is 0 Å². The van der Waals surface area contributed by atoms with Crippen LogP contribution in [0.3, 0.4) is 0 Å². The van der Waals surface area contributed by atoms with Gasteiger partial charge in [0.25, 0.3) is 0 Å². The molecule has 1 aromatic rings. The first-order chi connectivity index (χ1) is 40.2. The minimum Gasteiger partial charge on any atom is -0.358 e. The van der Waals surface area contributed by atoms with E-state index in [2.05, 4.69) is 29.1 Å². The van der Waals surface area contributed by atoms with Gasteiger partial charge in [-0.25, -0.2) is 4.98 Å². The van der Waals surface area contributed by atoms with Crippen molar-refractivity contribution >= 4 is 64.0 Å². The number of fused-ring (bicyclic) bond motifs is 2. The molecule has 1 N–H and O–H groups in total. The van der Waals surface area contributed by atoms with Crippen molar-refractivity contribution in [3.8, 4) is 0 Å². The summed E-state index contributed by atoms with van der Waals surface area (Å²) >= 11 is 0. The molecule has 3 heterocycles. The summed E-state index contributed by atoms with van der Waals surface area (Å²) in [6.45, 7) is 26.2. The zero-order chi connectivity index (χ0) is 63.4. The fourth-order valence-corrected chi connectivity index (χ4v) is 15.5. The fraction of sp³-hybridized carbons (Fsp3) is 0.775. The maximum absolute atomic E-state index is 14.7. The number of likely N-dealkylation sites (tertiary alicyclic amines) is 2. The summed E-state index contributed by atoms with van der Waals surface area (Å²) in [4.78, 5) is 160. The van der Waals surface area contributed by atoms with E-state index in [1.807, 2.05) is 69.2 Å². The van der Waals surface area contributed by atoms with E-state index in [0.29, 0.717) is 50.6 Å². The van der Waals surface area contributed by atoms with E-state index >= 15 is 0 Å². The first kappa shape index (κ1) is 74.2. The second-order valence-electron chi connectivity index (χ2n) is 31.5. The Hall–Kier alpha value is -4.57. The molecule has 16 nitrogen and oxygen atoms in total. The van der Waals surface area contributed by atoms with Crippen molar-refractivity contribution in [2.24, 2.45) is 86.8 Å². The van der Waals surface area contributed by atoms with Gasteiger partial charge < -0.3 is 22.5 Å². The van der Waals surface area contributed by atoms with Crippen LogP contribution in [0.1, 0.15) is 242 Å². The van der Waals surface area contributed by atoms with Crippen molar-refractivity contribution in [3.63, 3.8) is 0 Å². The van der Waals surface area contributed by atoms with E-state index in [1.54, 1.807) is 9.80 Å². The first-order valence-corrected chi connectivity index (χ1v) is 33.1. The van der Waals surface area contributed by atoms with Crippen LogP contribution in [0.5, 0.6) is 0 Å². The number of amides is 3. The molecule has 1 unspecified atom stereocenters. The SMILES string of the molecule is CC(=O)C(=O)C(CC(=O)[C@@H]1[C@@H]2[C@H](CN1C(=O)[C@@H](CC(=O)CC(C)(C)C)C(C)(C)C)C2(C)C)CC1CCC1.CCC[C@H](CC(=O)[C@@H]1[C@H]2CCC[C@H]2CN1C(=O)[C@@H](NC(=O)[C@@H](CC(=O)c1cnccn1)C1CCCCC1)C(C)(C)C)C(=O)C(=O)CC1CC1.[CH3-].[V]. The third-order valence-corrected chi connectivity index (χ3v) is 20.9. The summed E-state index contributed by atoms with van der Waals surface area (Å²) in [6.07, 6.45) is 19.6. The van der Waals surface area contributed by atoms with Crippen LogP contribution in [0.25, 0.3) is 0 Å². The van der Waals surface area contributed by atoms with Crippen LogP contribution >= 0.6 is 0 Å². The van der Waals surface area contributed by atoms with Gasteiger partial charge in [0.1, 0.15) is 17.5 Å². The maximum atomic E-state index is 14.7. The Morgan fingerprint density at radius 1 is 0.670 bits per heavy atom. The smallest absolute Gasteiger partial charge is 0.246 e. The zero-order valence-electron chi connectivity index (χ0n) is 56.0. The molecule has 5 aliphatic carbocycles. The molecule has 3 amide bonds. The fourth-order valence-electron chi connectivity index (χ4n) is 15.5. The van der Waals surface area contributed by atoms with Gasteiger partial charge in [-0.1, -0.05) is 134 Å². The van der Waals surface area contributed by atoms with Crippen molar-refractivity contribution in [2.45, 2.75) is 249 Å². The van der Waals surface area contributed by atoms with Crippen LogP contribution in [-0.2, 0) is 66.5 Å². The molecule has 2 aliphatic heterocycles. The molecule has 2 saturated heterocycles. The minimum atomic E-state index is -0.917. The molecule has 1 radical (unpaired) electrons. The Balaban J connectivity index is 0.000000326. The first-order valence-electron chi connectivity index (χ1n) is 33.1. The number of hydrogen-bond acceptors (Lipinski definition) is 13. The molecule has 0 bridgehead atoms. The van der Waals surface area contributed by atoms with E-state index in [-0.39, 0.29) is 151 Å². The van der Waals surface area contributed by atoms with E-state index < -0.39 is 70.0 Å². The number of piperidine rings is 1. The quantitative estimate of drug-likeness (QED) is 0.0491. The Bertz CT molecular complexity index is 2690. The summed E-state index contributed by atoms with van der Waals surface area (Å²) in [5.74, 6) is -4.10. The number of aromatic nitrogens is 2. The minimum absolute atomic E-state index is 0. The molecule has 0 spiro atoms. The summed E-state index contributed by atoms with van der Waals surface area (Å²) < 4.78 is 0. The largest absolute Gasteiger partial charge is 0.358 e. The van der Waals surface area contributed by atoms with Crippen LogP contribution < -0.4 is 5.32 Å². The van der Waals surface area contributed by atoms with E-state index in [1.165, 1.54) is 25.5 Å². The zero-order valence-corrected chi connectivity index (χ0v) is 57.4. The molecular formula is C71H108N5O11V-. The molecule has 8 rings (SSSR count). The maximum Gasteiger partial charge on any atom is 0.246 e. The molecule has 11 atom stereocenters. The summed E-state index contributed by atoms with van der Waals surface area (Å²) in [5, 5.41) is 3.10. The van der Waals surface area contributed by atoms with Gasteiger partial charge in [0.2, 0.25) is 29.3 Å². The number of ketones is 8. The van der Waals surface area contributed by atoms with E-state index in [9.17, 15) is 52.7 Å². The van der Waals surface area contributed by atoms with Crippen LogP contribution in [0.2, 0.25) is 0 Å². The molecule has 17 heteroatoms. The Labute approximate surface area is 538 Å². The number of carbonyl (C=O) groups is 11. The second kappa shape index (κ2) is 30.7. The molecule has 489 valence electrons. The third-order valence-electron chi connectivity index (χ3n) is 20.9. The summed E-state index contributed by atoms with van der Waals surface area (Å²) in [7, 11) is 0. The third kappa shape index (κ3) is 18.6. The number of nitrogens with one attached hydrogen (secondary N) is 1. The van der Waals surface area contributed by atoms with Crippen molar-refractivity contribution < 1.29 is 71.3 Å². The predicted molar refractivity (Wildman–Crippen MR) is 334 cm³/mol. The topological polar surface area (TPSA) is 232 Å². The van der Waals surface area contributed by atoms with Crippen LogP contribution in [-0.4, -0.2) is 115 Å². The Morgan fingerprint density at radius 3 is 1.83 bits per heavy atom. The number of nitrogens with zero attached hydrogens (tertiary/aromatic N) is 4. The molecular weight excluding hydrogens is 1150 g/mol. The predicted octanol–water partition coefficient (Wildman–Crippen LogP) is 11.6. The van der Waals surface area contributed by atoms with Gasteiger partial charge in [0.05, 0.1) is 18.3 Å². The van der Waals surface area contributed by atoms with Crippen molar-refractivity contribution in [3.05, 3.63) is 31.7 Å². The van der Waals surface area contributed by atoms with Gasteiger partial charge in [-0.3, -0.25) is 57.7 Å². The number of carbonyl (C=O) groups excluding carboxylic acids is 11. The summed E-state index contributed by atoms with van der Waals surface area (Å²) in [6, 6.07) is -2.18. The van der Waals surface area contributed by atoms with Gasteiger partial charge in [-0.2, -0.15) is 0 Å². The number of hydrogen-bond donors (Lipinski definition) is 1. The Kier molecular flexibility index (Phi) is 25.9. The van der Waals surface area contributed by atoms with Gasteiger partial charge >= 0.3 is 0 Å².